The molecule has 1 unspecified atom stereocenters. The van der Waals surface area contributed by atoms with Crippen molar-refractivity contribution in [2.45, 2.75) is 11.8 Å². The summed E-state index contributed by atoms with van der Waals surface area (Å²) in [4.78, 5) is 21.6. The Balaban J connectivity index is 3.31. The quantitative estimate of drug-likeness (QED) is 0.824. The lowest BCUT2D eigenvalue weighted by atomic mass is 10.2. The van der Waals surface area contributed by atoms with E-state index in [1.54, 1.807) is 0 Å². The minimum atomic E-state index is -3.91. The second-order valence-corrected chi connectivity index (χ2v) is 6.95. The number of halogens is 1. The predicted molar refractivity (Wildman–Crippen MR) is 71.5 cm³/mol. The SMILES string of the molecule is CC(CS(=O)(=O)c1cc(Br)ccc1C(=O)O)C(N)=O. The van der Waals surface area contributed by atoms with E-state index in [1.165, 1.54) is 25.1 Å². The highest BCUT2D eigenvalue weighted by molar-refractivity contribution is 9.10. The Labute approximate surface area is 118 Å². The number of nitrogens with two attached hydrogens (primary N) is 1. The maximum atomic E-state index is 12.1. The van der Waals surface area contributed by atoms with Crippen molar-refractivity contribution in [1.82, 2.24) is 0 Å². The van der Waals surface area contributed by atoms with Crippen LogP contribution in [-0.4, -0.2) is 31.2 Å². The molecule has 0 aromatic heterocycles. The van der Waals surface area contributed by atoms with Gasteiger partial charge >= 0.3 is 5.97 Å². The Morgan fingerprint density at radius 2 is 2.00 bits per heavy atom. The molecule has 1 rings (SSSR count). The van der Waals surface area contributed by atoms with Crippen LogP contribution in [0, 0.1) is 5.92 Å². The summed E-state index contributed by atoms with van der Waals surface area (Å²) in [7, 11) is -3.91. The number of carboxylic acids is 1. The van der Waals surface area contributed by atoms with E-state index in [1.807, 2.05) is 0 Å². The minimum Gasteiger partial charge on any atom is -0.478 e. The van der Waals surface area contributed by atoms with Crippen LogP contribution in [0.25, 0.3) is 0 Å². The third-order valence-corrected chi connectivity index (χ3v) is 4.90. The van der Waals surface area contributed by atoms with Gasteiger partial charge in [0.15, 0.2) is 9.84 Å². The Morgan fingerprint density at radius 1 is 1.42 bits per heavy atom. The van der Waals surface area contributed by atoms with Gasteiger partial charge in [0.05, 0.1) is 16.2 Å². The van der Waals surface area contributed by atoms with E-state index in [-0.39, 0.29) is 10.5 Å². The van der Waals surface area contributed by atoms with Gasteiger partial charge in [0, 0.05) is 10.4 Å². The highest BCUT2D eigenvalue weighted by atomic mass is 79.9. The first-order valence-corrected chi connectivity index (χ1v) is 7.64. The summed E-state index contributed by atoms with van der Waals surface area (Å²) < 4.78 is 24.7. The zero-order chi connectivity index (χ0) is 14.8. The van der Waals surface area contributed by atoms with Gasteiger partial charge in [-0.15, -0.1) is 0 Å². The van der Waals surface area contributed by atoms with Crippen molar-refractivity contribution >= 4 is 37.6 Å². The lowest BCUT2D eigenvalue weighted by molar-refractivity contribution is -0.120. The molecule has 104 valence electrons. The molecular weight excluding hydrogens is 338 g/mol. The van der Waals surface area contributed by atoms with Gasteiger partial charge in [-0.05, 0) is 18.2 Å². The average Bonchev–Trinajstić information content (AvgIpc) is 2.27. The van der Waals surface area contributed by atoms with Crippen LogP contribution in [0.2, 0.25) is 0 Å². The van der Waals surface area contributed by atoms with Gasteiger partial charge in [-0.1, -0.05) is 22.9 Å². The number of carboxylic acid groups (broad SMARTS) is 1. The average molecular weight is 350 g/mol. The Kier molecular flexibility index (Phi) is 4.70. The van der Waals surface area contributed by atoms with Gasteiger partial charge in [0.1, 0.15) is 0 Å². The smallest absolute Gasteiger partial charge is 0.337 e. The lowest BCUT2D eigenvalue weighted by Gasteiger charge is -2.11. The number of aromatic carboxylic acids is 1. The van der Waals surface area contributed by atoms with Crippen molar-refractivity contribution in [3.8, 4) is 0 Å². The number of hydrogen-bond acceptors (Lipinski definition) is 4. The molecule has 8 heteroatoms. The number of amides is 1. The number of primary amides is 1. The molecule has 0 radical (unpaired) electrons. The predicted octanol–water partition coefficient (Wildman–Crippen LogP) is 1.04. The number of sulfone groups is 1. The number of hydrogen-bond donors (Lipinski definition) is 2. The summed E-state index contributed by atoms with van der Waals surface area (Å²) in [6, 6.07) is 3.82. The Morgan fingerprint density at radius 3 is 2.47 bits per heavy atom. The fourth-order valence-electron chi connectivity index (χ4n) is 1.43. The largest absolute Gasteiger partial charge is 0.478 e. The normalized spacial score (nSPS) is 12.9. The molecular formula is C11H12BrNO5S. The molecule has 6 nitrogen and oxygen atoms in total. The second kappa shape index (κ2) is 5.70. The van der Waals surface area contributed by atoms with E-state index in [4.69, 9.17) is 10.8 Å². The van der Waals surface area contributed by atoms with Crippen molar-refractivity contribution in [3.63, 3.8) is 0 Å². The van der Waals surface area contributed by atoms with Crippen molar-refractivity contribution in [3.05, 3.63) is 28.2 Å². The van der Waals surface area contributed by atoms with Crippen LogP contribution < -0.4 is 5.73 Å². The Hall–Kier alpha value is -1.41. The van der Waals surface area contributed by atoms with Crippen LogP contribution >= 0.6 is 15.9 Å². The molecule has 0 spiro atoms. The second-order valence-electron chi connectivity index (χ2n) is 4.03. The minimum absolute atomic E-state index is 0.331. The van der Waals surface area contributed by atoms with Crippen molar-refractivity contribution in [2.24, 2.45) is 11.7 Å². The number of benzene rings is 1. The fourth-order valence-corrected chi connectivity index (χ4v) is 3.74. The van der Waals surface area contributed by atoms with Crippen LogP contribution in [0.3, 0.4) is 0 Å². The van der Waals surface area contributed by atoms with Gasteiger partial charge in [-0.25, -0.2) is 13.2 Å². The van der Waals surface area contributed by atoms with Gasteiger partial charge in [0.25, 0.3) is 0 Å². The number of rotatable bonds is 5. The van der Waals surface area contributed by atoms with Crippen molar-refractivity contribution in [2.75, 3.05) is 5.75 Å². The molecule has 1 atom stereocenters. The summed E-state index contributed by atoms with van der Waals surface area (Å²) in [6.07, 6.45) is 0. The summed E-state index contributed by atoms with van der Waals surface area (Å²) >= 11 is 3.08. The van der Waals surface area contributed by atoms with Crippen LogP contribution in [0.4, 0.5) is 0 Å². The van der Waals surface area contributed by atoms with Gasteiger partial charge in [0.2, 0.25) is 5.91 Å². The number of carbonyl (C=O) groups excluding carboxylic acids is 1. The molecule has 0 heterocycles. The van der Waals surface area contributed by atoms with Gasteiger partial charge in [-0.3, -0.25) is 4.79 Å². The fraction of sp³-hybridized carbons (Fsp3) is 0.273. The van der Waals surface area contributed by atoms with Crippen LogP contribution in [0.1, 0.15) is 17.3 Å². The summed E-state index contributed by atoms with van der Waals surface area (Å²) in [5, 5.41) is 8.99. The monoisotopic (exact) mass is 349 g/mol. The van der Waals surface area contributed by atoms with Gasteiger partial charge in [-0.2, -0.15) is 0 Å². The first-order valence-electron chi connectivity index (χ1n) is 5.20. The molecule has 0 fully saturated rings. The summed E-state index contributed by atoms with van der Waals surface area (Å²) in [6.45, 7) is 1.37. The van der Waals surface area contributed by atoms with Crippen molar-refractivity contribution in [1.29, 1.82) is 0 Å². The van der Waals surface area contributed by atoms with E-state index in [2.05, 4.69) is 15.9 Å². The topological polar surface area (TPSA) is 115 Å². The number of carbonyl (C=O) groups is 2. The lowest BCUT2D eigenvalue weighted by Crippen LogP contribution is -2.28. The maximum absolute atomic E-state index is 12.1. The molecule has 0 saturated carbocycles. The summed E-state index contributed by atoms with van der Waals surface area (Å²) in [5.74, 6) is -3.53. The molecule has 1 amide bonds. The zero-order valence-electron chi connectivity index (χ0n) is 9.96. The molecule has 1 aromatic rings. The summed E-state index contributed by atoms with van der Waals surface area (Å²) in [5.41, 5.74) is 4.69. The maximum Gasteiger partial charge on any atom is 0.337 e. The van der Waals surface area contributed by atoms with Crippen LogP contribution in [0.5, 0.6) is 0 Å². The highest BCUT2D eigenvalue weighted by Crippen LogP contribution is 2.23. The standard InChI is InChI=1S/C11H12BrNO5S/c1-6(10(13)14)5-19(17,18)9-4-7(12)2-3-8(9)11(15)16/h2-4,6H,5H2,1H3,(H2,13,14)(H,15,16). The molecule has 0 aliphatic heterocycles. The Bertz CT molecular complexity index is 626. The molecule has 0 saturated heterocycles. The molecule has 1 aromatic carbocycles. The molecule has 0 aliphatic carbocycles. The molecule has 3 N–H and O–H groups in total. The third-order valence-electron chi connectivity index (χ3n) is 2.46. The van der Waals surface area contributed by atoms with Gasteiger partial charge < -0.3 is 10.8 Å². The molecule has 0 aliphatic rings. The highest BCUT2D eigenvalue weighted by Gasteiger charge is 2.26. The van der Waals surface area contributed by atoms with E-state index in [0.29, 0.717) is 4.47 Å². The first kappa shape index (κ1) is 15.6. The van der Waals surface area contributed by atoms with Crippen LogP contribution in [0.15, 0.2) is 27.6 Å². The van der Waals surface area contributed by atoms with E-state index in [0.717, 1.165) is 0 Å². The first-order chi connectivity index (χ1) is 8.65. The zero-order valence-corrected chi connectivity index (χ0v) is 12.4. The van der Waals surface area contributed by atoms with Crippen LogP contribution in [-0.2, 0) is 14.6 Å². The molecule has 0 bridgehead atoms. The van der Waals surface area contributed by atoms with E-state index in [9.17, 15) is 18.0 Å². The third kappa shape index (κ3) is 3.77. The molecule has 19 heavy (non-hydrogen) atoms. The van der Waals surface area contributed by atoms with Crippen molar-refractivity contribution < 1.29 is 23.1 Å². The van der Waals surface area contributed by atoms with E-state index < -0.39 is 33.4 Å². The van der Waals surface area contributed by atoms with E-state index >= 15 is 0 Å².